The summed E-state index contributed by atoms with van der Waals surface area (Å²) in [5.41, 5.74) is 2.41. The molecule has 0 aromatic heterocycles. The van der Waals surface area contributed by atoms with Gasteiger partial charge in [0.15, 0.2) is 18.1 Å². The first-order valence-electron chi connectivity index (χ1n) is 11.6. The second kappa shape index (κ2) is 12.5. The van der Waals surface area contributed by atoms with Crippen LogP contribution in [0.4, 0.5) is 10.5 Å². The van der Waals surface area contributed by atoms with Crippen LogP contribution < -0.4 is 19.5 Å². The lowest BCUT2D eigenvalue weighted by Gasteiger charge is -2.13. The molecule has 3 amide bonds. The lowest BCUT2D eigenvalue weighted by molar-refractivity contribution is -0.123. The average molecular weight is 553 g/mol. The number of hydrogen-bond acceptors (Lipinski definition) is 7. The number of aryl methyl sites for hydroxylation is 1. The molecule has 196 valence electrons. The third kappa shape index (κ3) is 7.08. The monoisotopic (exact) mass is 552 g/mol. The summed E-state index contributed by atoms with van der Waals surface area (Å²) in [4.78, 5) is 38.9. The number of nitrogens with one attached hydrogen (secondary N) is 1. The molecule has 0 saturated carbocycles. The van der Waals surface area contributed by atoms with Crippen molar-refractivity contribution in [1.82, 2.24) is 4.90 Å². The van der Waals surface area contributed by atoms with Crippen LogP contribution in [0.1, 0.15) is 11.1 Å². The molecule has 38 heavy (non-hydrogen) atoms. The Labute approximate surface area is 229 Å². The van der Waals surface area contributed by atoms with Crippen LogP contribution in [0.15, 0.2) is 71.6 Å². The summed E-state index contributed by atoms with van der Waals surface area (Å²) in [5, 5.41) is 2.99. The van der Waals surface area contributed by atoms with E-state index in [1.165, 1.54) is 7.11 Å². The van der Waals surface area contributed by atoms with Crippen LogP contribution in [0.5, 0.6) is 17.2 Å². The molecule has 10 heteroatoms. The maximum Gasteiger partial charge on any atom is 0.293 e. The highest BCUT2D eigenvalue weighted by atomic mass is 35.5. The molecule has 0 aliphatic carbocycles. The number of carbonyl (C=O) groups excluding carboxylic acids is 3. The van der Waals surface area contributed by atoms with E-state index in [9.17, 15) is 14.4 Å². The number of amides is 3. The van der Waals surface area contributed by atoms with E-state index in [1.807, 2.05) is 31.2 Å². The van der Waals surface area contributed by atoms with Crippen molar-refractivity contribution in [2.45, 2.75) is 6.92 Å². The van der Waals surface area contributed by atoms with Crippen LogP contribution in [0, 0.1) is 6.92 Å². The quantitative estimate of drug-likeness (QED) is 0.318. The Bertz CT molecular complexity index is 1360. The number of nitrogens with zero attached hydrogens (tertiary/aromatic N) is 1. The molecular formula is C28H25ClN2O6S. The molecule has 1 aliphatic heterocycles. The number of thioether (sulfide) groups is 1. The summed E-state index contributed by atoms with van der Waals surface area (Å²) in [6.07, 6.45) is 1.61. The molecule has 1 saturated heterocycles. The van der Waals surface area contributed by atoms with E-state index in [1.54, 1.807) is 48.5 Å². The van der Waals surface area contributed by atoms with Crippen molar-refractivity contribution in [1.29, 1.82) is 0 Å². The maximum atomic E-state index is 12.8. The minimum Gasteiger partial charge on any atom is -0.493 e. The van der Waals surface area contributed by atoms with Gasteiger partial charge >= 0.3 is 0 Å². The number of halogens is 1. The highest BCUT2D eigenvalue weighted by Gasteiger charge is 2.34. The second-order valence-electron chi connectivity index (χ2n) is 8.25. The molecular weight excluding hydrogens is 528 g/mol. The number of imide groups is 1. The standard InChI is InChI=1S/C28H25ClN2O6S/c1-18-3-8-21(9-4-18)30-26(32)17-37-23-12-5-19(15-24(23)35-2)16-25-27(33)31(28(34)38-25)13-14-36-22-10-6-20(29)7-11-22/h3-12,15-16H,13-14,17H2,1-2H3,(H,30,32)/b25-16-. The lowest BCUT2D eigenvalue weighted by atomic mass is 10.2. The van der Waals surface area contributed by atoms with Crippen molar-refractivity contribution in [3.05, 3.63) is 87.8 Å². The first kappa shape index (κ1) is 27.1. The summed E-state index contributed by atoms with van der Waals surface area (Å²) in [7, 11) is 1.48. The normalized spacial score (nSPS) is 14.1. The molecule has 1 aliphatic rings. The van der Waals surface area contributed by atoms with E-state index in [4.69, 9.17) is 25.8 Å². The molecule has 0 spiro atoms. The first-order chi connectivity index (χ1) is 18.3. The zero-order chi connectivity index (χ0) is 27.1. The van der Waals surface area contributed by atoms with Gasteiger partial charge in [-0.3, -0.25) is 19.3 Å². The Morgan fingerprint density at radius 1 is 1.00 bits per heavy atom. The summed E-state index contributed by atoms with van der Waals surface area (Å²) in [6.45, 7) is 2.03. The molecule has 0 bridgehead atoms. The van der Waals surface area contributed by atoms with Crippen molar-refractivity contribution in [3.63, 3.8) is 0 Å². The second-order valence-corrected chi connectivity index (χ2v) is 9.68. The van der Waals surface area contributed by atoms with Crippen LogP contribution in [0.2, 0.25) is 5.02 Å². The molecule has 3 aromatic rings. The van der Waals surface area contributed by atoms with Crippen LogP contribution in [0.25, 0.3) is 6.08 Å². The minimum atomic E-state index is -0.397. The van der Waals surface area contributed by atoms with Crippen LogP contribution in [-0.2, 0) is 9.59 Å². The summed E-state index contributed by atoms with van der Waals surface area (Å²) in [6, 6.07) is 19.3. The predicted octanol–water partition coefficient (Wildman–Crippen LogP) is 5.79. The Hall–Kier alpha value is -3.95. The fraction of sp³-hybridized carbons (Fsp3) is 0.179. The largest absolute Gasteiger partial charge is 0.493 e. The summed E-state index contributed by atoms with van der Waals surface area (Å²) >= 11 is 6.72. The van der Waals surface area contributed by atoms with Gasteiger partial charge in [0.2, 0.25) is 0 Å². The fourth-order valence-electron chi connectivity index (χ4n) is 3.50. The molecule has 1 heterocycles. The van der Waals surface area contributed by atoms with Crippen molar-refractivity contribution < 1.29 is 28.6 Å². The first-order valence-corrected chi connectivity index (χ1v) is 12.8. The van der Waals surface area contributed by atoms with E-state index < -0.39 is 5.91 Å². The van der Waals surface area contributed by atoms with Crippen LogP contribution in [0.3, 0.4) is 0 Å². The molecule has 1 N–H and O–H groups in total. The smallest absolute Gasteiger partial charge is 0.293 e. The number of hydrogen-bond donors (Lipinski definition) is 1. The summed E-state index contributed by atoms with van der Waals surface area (Å²) in [5.74, 6) is 0.646. The van der Waals surface area contributed by atoms with Gasteiger partial charge in [-0.15, -0.1) is 0 Å². The van der Waals surface area contributed by atoms with Gasteiger partial charge in [-0.2, -0.15) is 0 Å². The predicted molar refractivity (Wildman–Crippen MR) is 148 cm³/mol. The zero-order valence-corrected chi connectivity index (χ0v) is 22.3. The molecule has 0 radical (unpaired) electrons. The van der Waals surface area contributed by atoms with Gasteiger partial charge in [0.1, 0.15) is 12.4 Å². The van der Waals surface area contributed by atoms with Crippen molar-refractivity contribution in [3.8, 4) is 17.2 Å². The van der Waals surface area contributed by atoms with E-state index in [0.717, 1.165) is 22.2 Å². The van der Waals surface area contributed by atoms with Gasteiger partial charge in [-0.25, -0.2) is 0 Å². The van der Waals surface area contributed by atoms with E-state index in [0.29, 0.717) is 33.5 Å². The zero-order valence-electron chi connectivity index (χ0n) is 20.7. The Morgan fingerprint density at radius 3 is 2.45 bits per heavy atom. The van der Waals surface area contributed by atoms with Crippen molar-refractivity contribution in [2.75, 3.05) is 32.2 Å². The number of anilines is 1. The molecule has 3 aromatic carbocycles. The van der Waals surface area contributed by atoms with Gasteiger partial charge in [-0.05, 0) is 78.9 Å². The van der Waals surface area contributed by atoms with Crippen molar-refractivity contribution >= 4 is 52.2 Å². The van der Waals surface area contributed by atoms with E-state index in [2.05, 4.69) is 5.32 Å². The molecule has 8 nitrogen and oxygen atoms in total. The van der Waals surface area contributed by atoms with Crippen LogP contribution >= 0.6 is 23.4 Å². The molecule has 0 atom stereocenters. The Balaban J connectivity index is 1.34. The van der Waals surface area contributed by atoms with Gasteiger partial charge in [0.25, 0.3) is 17.1 Å². The third-order valence-corrected chi connectivity index (χ3v) is 6.61. The average Bonchev–Trinajstić information content (AvgIpc) is 3.17. The molecule has 4 rings (SSSR count). The van der Waals surface area contributed by atoms with Gasteiger partial charge in [0.05, 0.1) is 18.6 Å². The highest BCUT2D eigenvalue weighted by Crippen LogP contribution is 2.34. The number of ether oxygens (including phenoxy) is 3. The van der Waals surface area contributed by atoms with Crippen molar-refractivity contribution in [2.24, 2.45) is 0 Å². The number of rotatable bonds is 10. The number of methoxy groups -OCH3 is 1. The minimum absolute atomic E-state index is 0.116. The third-order valence-electron chi connectivity index (χ3n) is 5.45. The lowest BCUT2D eigenvalue weighted by Crippen LogP contribution is -2.32. The fourth-order valence-corrected chi connectivity index (χ4v) is 4.49. The van der Waals surface area contributed by atoms with E-state index >= 15 is 0 Å². The topological polar surface area (TPSA) is 94.2 Å². The molecule has 1 fully saturated rings. The van der Waals surface area contributed by atoms with Crippen LogP contribution in [-0.4, -0.2) is 48.8 Å². The molecule has 0 unspecified atom stereocenters. The van der Waals surface area contributed by atoms with Gasteiger partial charge < -0.3 is 19.5 Å². The van der Waals surface area contributed by atoms with E-state index in [-0.39, 0.29) is 35.8 Å². The highest BCUT2D eigenvalue weighted by molar-refractivity contribution is 8.18. The Kier molecular flexibility index (Phi) is 8.93. The maximum absolute atomic E-state index is 12.8. The van der Waals surface area contributed by atoms with Gasteiger partial charge in [0, 0.05) is 10.7 Å². The summed E-state index contributed by atoms with van der Waals surface area (Å²) < 4.78 is 16.6. The number of benzene rings is 3. The Morgan fingerprint density at radius 2 is 1.74 bits per heavy atom. The number of carbonyl (C=O) groups is 3. The SMILES string of the molecule is COc1cc(/C=C2\SC(=O)N(CCOc3ccc(Cl)cc3)C2=O)ccc1OCC(=O)Nc1ccc(C)cc1. The van der Waals surface area contributed by atoms with Gasteiger partial charge in [-0.1, -0.05) is 35.4 Å².